The maximum atomic E-state index is 11.8. The summed E-state index contributed by atoms with van der Waals surface area (Å²) in [7, 11) is 1.56. The fourth-order valence-corrected chi connectivity index (χ4v) is 1.53. The van der Waals surface area contributed by atoms with Gasteiger partial charge >= 0.3 is 0 Å². The number of nitrogens with zero attached hydrogens (tertiary/aromatic N) is 1. The van der Waals surface area contributed by atoms with Gasteiger partial charge in [-0.2, -0.15) is 0 Å². The van der Waals surface area contributed by atoms with Crippen molar-refractivity contribution in [3.63, 3.8) is 0 Å². The van der Waals surface area contributed by atoms with Crippen LogP contribution in [0.15, 0.2) is 18.2 Å². The Balaban J connectivity index is 1.97. The largest absolute Gasteiger partial charge is 0.383 e. The molecule has 102 valence electrons. The van der Waals surface area contributed by atoms with E-state index in [0.29, 0.717) is 13.2 Å². The summed E-state index contributed by atoms with van der Waals surface area (Å²) in [5.41, 5.74) is 0.505. The first kappa shape index (κ1) is 13.5. The van der Waals surface area contributed by atoms with Crippen LogP contribution in [0.1, 0.15) is 33.8 Å². The van der Waals surface area contributed by atoms with Crippen LogP contribution in [-0.2, 0) is 4.74 Å². The lowest BCUT2D eigenvalue weighted by Crippen LogP contribution is -2.30. The van der Waals surface area contributed by atoms with Crippen molar-refractivity contribution in [1.82, 2.24) is 15.6 Å². The SMILES string of the molecule is COCCNC(=O)c1cccc(C(=O)NC2CC2)n1. The van der Waals surface area contributed by atoms with Crippen LogP contribution in [-0.4, -0.2) is 43.1 Å². The van der Waals surface area contributed by atoms with Crippen LogP contribution >= 0.6 is 0 Å². The van der Waals surface area contributed by atoms with Gasteiger partial charge in [0.1, 0.15) is 11.4 Å². The Morgan fingerprint density at radius 2 is 2.00 bits per heavy atom. The van der Waals surface area contributed by atoms with Crippen molar-refractivity contribution in [2.45, 2.75) is 18.9 Å². The number of hydrogen-bond donors (Lipinski definition) is 2. The molecule has 2 rings (SSSR count). The Hall–Kier alpha value is -1.95. The molecule has 0 saturated heterocycles. The summed E-state index contributed by atoms with van der Waals surface area (Å²) in [5.74, 6) is -0.535. The zero-order chi connectivity index (χ0) is 13.7. The van der Waals surface area contributed by atoms with Gasteiger partial charge in [-0.3, -0.25) is 9.59 Å². The summed E-state index contributed by atoms with van der Waals surface area (Å²) < 4.78 is 4.84. The second-order valence-corrected chi connectivity index (χ2v) is 4.40. The molecule has 1 saturated carbocycles. The highest BCUT2D eigenvalue weighted by Crippen LogP contribution is 2.19. The average Bonchev–Trinajstić information content (AvgIpc) is 3.23. The highest BCUT2D eigenvalue weighted by molar-refractivity contribution is 5.96. The first-order chi connectivity index (χ1) is 9.20. The molecule has 2 amide bonds. The molecule has 6 nitrogen and oxygen atoms in total. The maximum Gasteiger partial charge on any atom is 0.270 e. The van der Waals surface area contributed by atoms with Crippen LogP contribution < -0.4 is 10.6 Å². The normalized spacial score (nSPS) is 13.9. The summed E-state index contributed by atoms with van der Waals surface area (Å²) in [6, 6.07) is 5.10. The van der Waals surface area contributed by atoms with E-state index in [1.165, 1.54) is 0 Å². The quantitative estimate of drug-likeness (QED) is 0.726. The van der Waals surface area contributed by atoms with E-state index in [0.717, 1.165) is 12.8 Å². The number of carbonyl (C=O) groups excluding carboxylic acids is 2. The van der Waals surface area contributed by atoms with E-state index < -0.39 is 0 Å². The Bertz CT molecular complexity index is 472. The fourth-order valence-electron chi connectivity index (χ4n) is 1.53. The molecular weight excluding hydrogens is 246 g/mol. The zero-order valence-corrected chi connectivity index (χ0v) is 10.8. The lowest BCUT2D eigenvalue weighted by atomic mass is 10.2. The Kier molecular flexibility index (Phi) is 4.46. The highest BCUT2D eigenvalue weighted by atomic mass is 16.5. The van der Waals surface area contributed by atoms with Crippen molar-refractivity contribution >= 4 is 11.8 Å². The molecule has 1 aromatic heterocycles. The van der Waals surface area contributed by atoms with Crippen molar-refractivity contribution < 1.29 is 14.3 Å². The third-order valence-corrected chi connectivity index (χ3v) is 2.72. The molecule has 19 heavy (non-hydrogen) atoms. The second kappa shape index (κ2) is 6.29. The molecule has 1 aromatic rings. The van der Waals surface area contributed by atoms with E-state index in [2.05, 4.69) is 15.6 Å². The molecule has 0 aromatic carbocycles. The van der Waals surface area contributed by atoms with Crippen molar-refractivity contribution in [3.8, 4) is 0 Å². The van der Waals surface area contributed by atoms with Gasteiger partial charge < -0.3 is 15.4 Å². The number of hydrogen-bond acceptors (Lipinski definition) is 4. The highest BCUT2D eigenvalue weighted by Gasteiger charge is 2.24. The lowest BCUT2D eigenvalue weighted by molar-refractivity contribution is 0.0931. The van der Waals surface area contributed by atoms with E-state index in [1.54, 1.807) is 25.3 Å². The van der Waals surface area contributed by atoms with Gasteiger partial charge in [-0.05, 0) is 25.0 Å². The smallest absolute Gasteiger partial charge is 0.270 e. The number of rotatable bonds is 6. The van der Waals surface area contributed by atoms with Crippen LogP contribution in [0.3, 0.4) is 0 Å². The number of methoxy groups -OCH3 is 1. The van der Waals surface area contributed by atoms with Gasteiger partial charge in [-0.1, -0.05) is 6.07 Å². The summed E-state index contributed by atoms with van der Waals surface area (Å²) >= 11 is 0. The molecule has 6 heteroatoms. The minimum Gasteiger partial charge on any atom is -0.383 e. The number of amides is 2. The van der Waals surface area contributed by atoms with Gasteiger partial charge in [0.25, 0.3) is 11.8 Å². The molecule has 0 bridgehead atoms. The number of ether oxygens (including phenoxy) is 1. The minimum atomic E-state index is -0.307. The molecule has 1 aliphatic carbocycles. The van der Waals surface area contributed by atoms with E-state index >= 15 is 0 Å². The van der Waals surface area contributed by atoms with E-state index in [4.69, 9.17) is 4.74 Å². The second-order valence-electron chi connectivity index (χ2n) is 4.40. The molecule has 2 N–H and O–H groups in total. The molecule has 1 fully saturated rings. The van der Waals surface area contributed by atoms with Gasteiger partial charge in [-0.15, -0.1) is 0 Å². The molecule has 1 heterocycles. The standard InChI is InChI=1S/C13H17N3O3/c1-19-8-7-14-12(17)10-3-2-4-11(16-10)13(18)15-9-5-6-9/h2-4,9H,5-8H2,1H3,(H,14,17)(H,15,18). The molecule has 0 atom stereocenters. The zero-order valence-electron chi connectivity index (χ0n) is 10.8. The van der Waals surface area contributed by atoms with Gasteiger partial charge in [0.05, 0.1) is 6.61 Å². The van der Waals surface area contributed by atoms with Gasteiger partial charge in [0.15, 0.2) is 0 Å². The van der Waals surface area contributed by atoms with Crippen LogP contribution in [0, 0.1) is 0 Å². The van der Waals surface area contributed by atoms with Crippen molar-refractivity contribution in [2.75, 3.05) is 20.3 Å². The monoisotopic (exact) mass is 263 g/mol. The minimum absolute atomic E-state index is 0.228. The first-order valence-corrected chi connectivity index (χ1v) is 6.26. The Labute approximate surface area is 111 Å². The lowest BCUT2D eigenvalue weighted by Gasteiger charge is -2.06. The van der Waals surface area contributed by atoms with Gasteiger partial charge in [0, 0.05) is 19.7 Å². The maximum absolute atomic E-state index is 11.8. The Morgan fingerprint density at radius 3 is 2.63 bits per heavy atom. The number of aromatic nitrogens is 1. The third-order valence-electron chi connectivity index (χ3n) is 2.72. The number of pyridine rings is 1. The third kappa shape index (κ3) is 4.03. The first-order valence-electron chi connectivity index (χ1n) is 6.26. The van der Waals surface area contributed by atoms with E-state index in [-0.39, 0.29) is 29.2 Å². The fraction of sp³-hybridized carbons (Fsp3) is 0.462. The van der Waals surface area contributed by atoms with Crippen molar-refractivity contribution in [1.29, 1.82) is 0 Å². The molecule has 0 radical (unpaired) electrons. The molecular formula is C13H17N3O3. The van der Waals surface area contributed by atoms with Crippen molar-refractivity contribution in [3.05, 3.63) is 29.6 Å². The summed E-state index contributed by atoms with van der Waals surface area (Å²) in [5, 5.41) is 5.50. The summed E-state index contributed by atoms with van der Waals surface area (Å²) in [6.45, 7) is 0.850. The van der Waals surface area contributed by atoms with Gasteiger partial charge in [-0.25, -0.2) is 4.98 Å². The average molecular weight is 263 g/mol. The molecule has 0 spiro atoms. The molecule has 0 unspecified atom stereocenters. The predicted molar refractivity (Wildman–Crippen MR) is 68.9 cm³/mol. The van der Waals surface area contributed by atoms with Crippen LogP contribution in [0.4, 0.5) is 0 Å². The summed E-state index contributed by atoms with van der Waals surface area (Å²) in [6.07, 6.45) is 2.03. The van der Waals surface area contributed by atoms with Crippen LogP contribution in [0.5, 0.6) is 0 Å². The predicted octanol–water partition coefficient (Wildman–Crippen LogP) is 0.350. The van der Waals surface area contributed by atoms with Gasteiger partial charge in [0.2, 0.25) is 0 Å². The topological polar surface area (TPSA) is 80.3 Å². The van der Waals surface area contributed by atoms with Crippen LogP contribution in [0.25, 0.3) is 0 Å². The van der Waals surface area contributed by atoms with Crippen molar-refractivity contribution in [2.24, 2.45) is 0 Å². The van der Waals surface area contributed by atoms with E-state index in [9.17, 15) is 9.59 Å². The van der Waals surface area contributed by atoms with E-state index in [1.807, 2.05) is 0 Å². The number of carbonyl (C=O) groups is 2. The van der Waals surface area contributed by atoms with Crippen LogP contribution in [0.2, 0.25) is 0 Å². The number of nitrogens with one attached hydrogen (secondary N) is 2. The Morgan fingerprint density at radius 1 is 1.32 bits per heavy atom. The summed E-state index contributed by atoms with van der Waals surface area (Å²) in [4.78, 5) is 27.6. The molecule has 0 aliphatic heterocycles. The molecule has 1 aliphatic rings.